The van der Waals surface area contributed by atoms with Crippen molar-refractivity contribution in [2.24, 2.45) is 0 Å². The summed E-state index contributed by atoms with van der Waals surface area (Å²) in [6.45, 7) is 2.47. The second-order valence-corrected chi connectivity index (χ2v) is 6.51. The molecular formula is C23H21N5O. The number of amides is 2. The minimum Gasteiger partial charge on any atom is -0.340 e. The van der Waals surface area contributed by atoms with Gasteiger partial charge in [0.15, 0.2) is 0 Å². The maximum Gasteiger partial charge on any atom is 0.319 e. The Morgan fingerprint density at radius 2 is 1.62 bits per heavy atom. The van der Waals surface area contributed by atoms with E-state index in [1.54, 1.807) is 6.33 Å². The standard InChI is InChI=1S/C23H21N5O/c1-2-24-23(29)28-19-11-8-16(9-12-19)17-10-13-21-20(14-17)22(26-15-25-21)27-18-6-4-3-5-7-18/h3-15H,2H2,1H3,(H2,24,28,29)(H,25,26,27). The van der Waals surface area contributed by atoms with Gasteiger partial charge in [-0.15, -0.1) is 0 Å². The van der Waals surface area contributed by atoms with E-state index in [0.29, 0.717) is 6.54 Å². The minimum absolute atomic E-state index is 0.209. The Kier molecular flexibility index (Phi) is 5.33. The third-order valence-electron chi connectivity index (χ3n) is 4.49. The minimum atomic E-state index is -0.209. The number of para-hydroxylation sites is 1. The van der Waals surface area contributed by atoms with Crippen molar-refractivity contribution in [1.82, 2.24) is 15.3 Å². The SMILES string of the molecule is CCNC(=O)Nc1ccc(-c2ccc3ncnc(Nc4ccccc4)c3c2)cc1. The number of benzene rings is 3. The number of rotatable bonds is 5. The van der Waals surface area contributed by atoms with Gasteiger partial charge in [0.05, 0.1) is 5.52 Å². The van der Waals surface area contributed by atoms with Crippen molar-refractivity contribution in [1.29, 1.82) is 0 Å². The zero-order valence-electron chi connectivity index (χ0n) is 16.0. The van der Waals surface area contributed by atoms with Gasteiger partial charge in [-0.3, -0.25) is 0 Å². The van der Waals surface area contributed by atoms with Gasteiger partial charge in [-0.2, -0.15) is 0 Å². The molecule has 1 aromatic heterocycles. The number of fused-ring (bicyclic) bond motifs is 1. The molecule has 144 valence electrons. The Hall–Kier alpha value is -3.93. The second-order valence-electron chi connectivity index (χ2n) is 6.51. The fourth-order valence-electron chi connectivity index (χ4n) is 3.08. The monoisotopic (exact) mass is 383 g/mol. The zero-order chi connectivity index (χ0) is 20.1. The number of nitrogens with one attached hydrogen (secondary N) is 3. The van der Waals surface area contributed by atoms with Crippen LogP contribution >= 0.6 is 0 Å². The summed E-state index contributed by atoms with van der Waals surface area (Å²) in [6, 6.07) is 23.6. The van der Waals surface area contributed by atoms with E-state index in [1.807, 2.05) is 73.7 Å². The van der Waals surface area contributed by atoms with E-state index in [-0.39, 0.29) is 6.03 Å². The van der Waals surface area contributed by atoms with Gasteiger partial charge in [-0.25, -0.2) is 14.8 Å². The highest BCUT2D eigenvalue weighted by Crippen LogP contribution is 2.29. The van der Waals surface area contributed by atoms with Crippen LogP contribution in [0.1, 0.15) is 6.92 Å². The number of carbonyl (C=O) groups is 1. The van der Waals surface area contributed by atoms with E-state index in [4.69, 9.17) is 0 Å². The molecule has 0 radical (unpaired) electrons. The van der Waals surface area contributed by atoms with E-state index in [1.165, 1.54) is 0 Å². The van der Waals surface area contributed by atoms with Crippen LogP contribution in [0.15, 0.2) is 79.1 Å². The Labute approximate surface area is 169 Å². The zero-order valence-corrected chi connectivity index (χ0v) is 16.0. The lowest BCUT2D eigenvalue weighted by Crippen LogP contribution is -2.28. The molecule has 29 heavy (non-hydrogen) atoms. The summed E-state index contributed by atoms with van der Waals surface area (Å²) < 4.78 is 0. The van der Waals surface area contributed by atoms with Gasteiger partial charge in [-0.1, -0.05) is 36.4 Å². The molecular weight excluding hydrogens is 362 g/mol. The molecule has 0 spiro atoms. The van der Waals surface area contributed by atoms with E-state index >= 15 is 0 Å². The number of carbonyl (C=O) groups excluding carboxylic acids is 1. The second kappa shape index (κ2) is 8.39. The highest BCUT2D eigenvalue weighted by atomic mass is 16.2. The molecule has 3 N–H and O–H groups in total. The van der Waals surface area contributed by atoms with Gasteiger partial charge in [-0.05, 0) is 54.4 Å². The summed E-state index contributed by atoms with van der Waals surface area (Å²) in [4.78, 5) is 20.5. The molecule has 0 unspecified atom stereocenters. The van der Waals surface area contributed by atoms with Crippen LogP contribution in [0.2, 0.25) is 0 Å². The van der Waals surface area contributed by atoms with Crippen molar-refractivity contribution in [2.75, 3.05) is 17.2 Å². The van der Waals surface area contributed by atoms with E-state index < -0.39 is 0 Å². The van der Waals surface area contributed by atoms with Crippen molar-refractivity contribution < 1.29 is 4.79 Å². The van der Waals surface area contributed by atoms with Gasteiger partial charge in [0, 0.05) is 23.3 Å². The molecule has 0 saturated heterocycles. The Morgan fingerprint density at radius 3 is 2.38 bits per heavy atom. The molecule has 0 aliphatic rings. The molecule has 4 rings (SSSR count). The number of hydrogen-bond acceptors (Lipinski definition) is 4. The topological polar surface area (TPSA) is 78.9 Å². The molecule has 0 bridgehead atoms. The van der Waals surface area contributed by atoms with Crippen LogP contribution in [-0.4, -0.2) is 22.5 Å². The first-order valence-corrected chi connectivity index (χ1v) is 9.45. The number of aromatic nitrogens is 2. The number of urea groups is 1. The Bertz CT molecular complexity index is 1130. The maximum absolute atomic E-state index is 11.7. The summed E-state index contributed by atoms with van der Waals surface area (Å²) in [5.41, 5.74) is 4.68. The van der Waals surface area contributed by atoms with Crippen LogP contribution in [0.5, 0.6) is 0 Å². The lowest BCUT2D eigenvalue weighted by atomic mass is 10.0. The van der Waals surface area contributed by atoms with Crippen molar-refractivity contribution in [3.05, 3.63) is 79.1 Å². The molecule has 3 aromatic carbocycles. The highest BCUT2D eigenvalue weighted by molar-refractivity contribution is 5.94. The van der Waals surface area contributed by atoms with Crippen molar-refractivity contribution in [3.63, 3.8) is 0 Å². The molecule has 1 heterocycles. The third kappa shape index (κ3) is 4.32. The predicted molar refractivity (Wildman–Crippen MR) is 117 cm³/mol. The largest absolute Gasteiger partial charge is 0.340 e. The van der Waals surface area contributed by atoms with Crippen molar-refractivity contribution in [2.45, 2.75) is 6.92 Å². The Balaban J connectivity index is 1.63. The molecule has 4 aromatic rings. The molecule has 6 heteroatoms. The fraction of sp³-hybridized carbons (Fsp3) is 0.0870. The molecule has 2 amide bonds. The molecule has 0 fully saturated rings. The average Bonchev–Trinajstić information content (AvgIpc) is 2.75. The lowest BCUT2D eigenvalue weighted by molar-refractivity contribution is 0.252. The number of hydrogen-bond donors (Lipinski definition) is 3. The van der Waals surface area contributed by atoms with Gasteiger partial charge in [0.2, 0.25) is 0 Å². The van der Waals surface area contributed by atoms with Crippen LogP contribution in [0.4, 0.5) is 22.0 Å². The Morgan fingerprint density at radius 1 is 0.862 bits per heavy atom. The van der Waals surface area contributed by atoms with Crippen LogP contribution in [0.25, 0.3) is 22.0 Å². The fourth-order valence-corrected chi connectivity index (χ4v) is 3.08. The summed E-state index contributed by atoms with van der Waals surface area (Å²) in [7, 11) is 0. The van der Waals surface area contributed by atoms with Crippen molar-refractivity contribution >= 4 is 34.1 Å². The number of anilines is 3. The van der Waals surface area contributed by atoms with E-state index in [0.717, 1.165) is 39.2 Å². The van der Waals surface area contributed by atoms with Gasteiger partial charge >= 0.3 is 6.03 Å². The average molecular weight is 383 g/mol. The first-order chi connectivity index (χ1) is 14.2. The lowest BCUT2D eigenvalue weighted by Gasteiger charge is -2.10. The van der Waals surface area contributed by atoms with Crippen LogP contribution in [0.3, 0.4) is 0 Å². The molecule has 0 atom stereocenters. The van der Waals surface area contributed by atoms with Crippen LogP contribution < -0.4 is 16.0 Å². The normalized spacial score (nSPS) is 10.5. The summed E-state index contributed by atoms with van der Waals surface area (Å²) in [5.74, 6) is 0.762. The highest BCUT2D eigenvalue weighted by Gasteiger charge is 2.07. The van der Waals surface area contributed by atoms with Crippen molar-refractivity contribution in [3.8, 4) is 11.1 Å². The van der Waals surface area contributed by atoms with E-state index in [2.05, 4.69) is 32.0 Å². The summed E-state index contributed by atoms with van der Waals surface area (Å²) >= 11 is 0. The first kappa shape index (κ1) is 18.4. The van der Waals surface area contributed by atoms with Crippen LogP contribution in [-0.2, 0) is 0 Å². The molecule has 0 aliphatic carbocycles. The maximum atomic E-state index is 11.7. The number of nitrogens with zero attached hydrogens (tertiary/aromatic N) is 2. The summed E-state index contributed by atoms with van der Waals surface area (Å²) in [6.07, 6.45) is 1.56. The smallest absolute Gasteiger partial charge is 0.319 e. The quantitative estimate of drug-likeness (QED) is 0.444. The predicted octanol–water partition coefficient (Wildman–Crippen LogP) is 5.18. The van der Waals surface area contributed by atoms with Crippen LogP contribution in [0, 0.1) is 0 Å². The van der Waals surface area contributed by atoms with Gasteiger partial charge in [0.1, 0.15) is 12.1 Å². The summed E-state index contributed by atoms with van der Waals surface area (Å²) in [5, 5.41) is 9.83. The van der Waals surface area contributed by atoms with Gasteiger partial charge in [0.25, 0.3) is 0 Å². The van der Waals surface area contributed by atoms with E-state index in [9.17, 15) is 4.79 Å². The molecule has 0 aliphatic heterocycles. The third-order valence-corrected chi connectivity index (χ3v) is 4.49. The molecule has 6 nitrogen and oxygen atoms in total. The van der Waals surface area contributed by atoms with Gasteiger partial charge < -0.3 is 16.0 Å². The first-order valence-electron chi connectivity index (χ1n) is 9.45. The molecule has 0 saturated carbocycles.